The van der Waals surface area contributed by atoms with E-state index in [4.69, 9.17) is 9.15 Å². The standard InChI is InChI=1S/C18H22N4O3S/c1-26-11-13-2-3-16(25-13)18(23)22-5-4-14-15(10-22)19-12-20-17(14)21-6-8-24-9-7-21/h2-3,12H,4-11H2,1H3. The lowest BCUT2D eigenvalue weighted by Crippen LogP contribution is -2.40. The lowest BCUT2D eigenvalue weighted by atomic mass is 10.0. The first kappa shape index (κ1) is 17.4. The van der Waals surface area contributed by atoms with Crippen LogP contribution in [0.2, 0.25) is 0 Å². The maximum atomic E-state index is 12.8. The van der Waals surface area contributed by atoms with Gasteiger partial charge in [-0.15, -0.1) is 0 Å². The molecule has 8 heteroatoms. The molecule has 0 saturated carbocycles. The fourth-order valence-corrected chi connectivity index (χ4v) is 3.87. The van der Waals surface area contributed by atoms with E-state index in [1.165, 1.54) is 0 Å². The van der Waals surface area contributed by atoms with Gasteiger partial charge in [-0.25, -0.2) is 9.97 Å². The van der Waals surface area contributed by atoms with Crippen molar-refractivity contribution in [2.24, 2.45) is 0 Å². The van der Waals surface area contributed by atoms with Gasteiger partial charge in [0.1, 0.15) is 17.9 Å². The first-order valence-corrected chi connectivity index (χ1v) is 10.2. The fourth-order valence-electron chi connectivity index (χ4n) is 3.43. The van der Waals surface area contributed by atoms with Gasteiger partial charge in [-0.05, 0) is 24.8 Å². The normalized spacial score (nSPS) is 17.3. The number of ether oxygens (including phenoxy) is 1. The molecule has 2 aliphatic rings. The Hall–Kier alpha value is -2.06. The summed E-state index contributed by atoms with van der Waals surface area (Å²) in [6.45, 7) is 4.27. The Balaban J connectivity index is 1.51. The summed E-state index contributed by atoms with van der Waals surface area (Å²) in [7, 11) is 0. The first-order valence-electron chi connectivity index (χ1n) is 8.78. The molecule has 0 radical (unpaired) electrons. The largest absolute Gasteiger partial charge is 0.455 e. The van der Waals surface area contributed by atoms with Gasteiger partial charge in [0.15, 0.2) is 5.76 Å². The van der Waals surface area contributed by atoms with E-state index >= 15 is 0 Å². The topological polar surface area (TPSA) is 71.7 Å². The van der Waals surface area contributed by atoms with E-state index in [-0.39, 0.29) is 5.91 Å². The minimum absolute atomic E-state index is 0.0745. The van der Waals surface area contributed by atoms with Crippen molar-refractivity contribution in [2.75, 3.05) is 44.0 Å². The minimum atomic E-state index is -0.0745. The smallest absolute Gasteiger partial charge is 0.289 e. The molecule has 1 saturated heterocycles. The molecule has 0 spiro atoms. The number of aromatic nitrogens is 2. The molecule has 26 heavy (non-hydrogen) atoms. The van der Waals surface area contributed by atoms with Crippen molar-refractivity contribution in [1.29, 1.82) is 0 Å². The Bertz CT molecular complexity index is 788. The van der Waals surface area contributed by atoms with Crippen molar-refractivity contribution in [3.8, 4) is 0 Å². The van der Waals surface area contributed by atoms with Crippen LogP contribution in [0.15, 0.2) is 22.9 Å². The molecule has 0 unspecified atom stereocenters. The van der Waals surface area contributed by atoms with Crippen LogP contribution in [0, 0.1) is 0 Å². The van der Waals surface area contributed by atoms with Gasteiger partial charge in [0.25, 0.3) is 5.91 Å². The molecule has 7 nitrogen and oxygen atoms in total. The third-order valence-electron chi connectivity index (χ3n) is 4.74. The zero-order chi connectivity index (χ0) is 17.9. The summed E-state index contributed by atoms with van der Waals surface area (Å²) in [4.78, 5) is 25.8. The van der Waals surface area contributed by atoms with Crippen molar-refractivity contribution in [3.05, 3.63) is 41.2 Å². The van der Waals surface area contributed by atoms with Crippen LogP contribution >= 0.6 is 11.8 Å². The minimum Gasteiger partial charge on any atom is -0.455 e. The average molecular weight is 374 g/mol. The van der Waals surface area contributed by atoms with E-state index in [0.29, 0.717) is 18.8 Å². The van der Waals surface area contributed by atoms with E-state index in [1.807, 2.05) is 12.3 Å². The molecule has 2 aromatic rings. The van der Waals surface area contributed by atoms with Crippen molar-refractivity contribution in [3.63, 3.8) is 0 Å². The Morgan fingerprint density at radius 1 is 1.23 bits per heavy atom. The summed E-state index contributed by atoms with van der Waals surface area (Å²) in [5.41, 5.74) is 2.08. The summed E-state index contributed by atoms with van der Waals surface area (Å²) in [6, 6.07) is 3.64. The van der Waals surface area contributed by atoms with Gasteiger partial charge in [0.2, 0.25) is 0 Å². The number of nitrogens with zero attached hydrogens (tertiary/aromatic N) is 4. The van der Waals surface area contributed by atoms with Crippen LogP contribution in [0.4, 0.5) is 5.82 Å². The summed E-state index contributed by atoms with van der Waals surface area (Å²) >= 11 is 1.67. The second kappa shape index (κ2) is 7.67. The number of amides is 1. The molecule has 2 aromatic heterocycles. The predicted octanol–water partition coefficient (Wildman–Crippen LogP) is 1.97. The summed E-state index contributed by atoms with van der Waals surface area (Å²) in [6.07, 6.45) is 4.37. The maximum Gasteiger partial charge on any atom is 0.289 e. The van der Waals surface area contributed by atoms with Gasteiger partial charge in [0, 0.05) is 25.2 Å². The van der Waals surface area contributed by atoms with Gasteiger partial charge in [-0.3, -0.25) is 4.79 Å². The molecule has 0 aromatic carbocycles. The van der Waals surface area contributed by atoms with E-state index in [2.05, 4.69) is 14.9 Å². The highest BCUT2D eigenvalue weighted by molar-refractivity contribution is 7.97. The second-order valence-electron chi connectivity index (χ2n) is 6.40. The average Bonchev–Trinajstić information content (AvgIpc) is 3.16. The number of anilines is 1. The van der Waals surface area contributed by atoms with Crippen molar-refractivity contribution >= 4 is 23.5 Å². The number of hydrogen-bond donors (Lipinski definition) is 0. The van der Waals surface area contributed by atoms with Crippen LogP contribution in [0.1, 0.15) is 27.6 Å². The van der Waals surface area contributed by atoms with Gasteiger partial charge < -0.3 is 19.0 Å². The van der Waals surface area contributed by atoms with Crippen LogP contribution in [-0.4, -0.2) is 59.9 Å². The van der Waals surface area contributed by atoms with Crippen LogP contribution < -0.4 is 4.90 Å². The number of furan rings is 1. The Morgan fingerprint density at radius 3 is 2.88 bits per heavy atom. The molecular weight excluding hydrogens is 352 g/mol. The lowest BCUT2D eigenvalue weighted by molar-refractivity contribution is 0.0698. The van der Waals surface area contributed by atoms with E-state index < -0.39 is 0 Å². The van der Waals surface area contributed by atoms with E-state index in [1.54, 1.807) is 29.1 Å². The highest BCUT2D eigenvalue weighted by Crippen LogP contribution is 2.27. The molecule has 1 fully saturated rings. The quantitative estimate of drug-likeness (QED) is 0.810. The summed E-state index contributed by atoms with van der Waals surface area (Å²) in [5, 5.41) is 0. The van der Waals surface area contributed by atoms with E-state index in [0.717, 1.165) is 61.3 Å². The molecule has 4 heterocycles. The molecule has 4 rings (SSSR count). The van der Waals surface area contributed by atoms with Crippen LogP contribution in [0.3, 0.4) is 0 Å². The third kappa shape index (κ3) is 3.43. The highest BCUT2D eigenvalue weighted by Gasteiger charge is 2.28. The van der Waals surface area contributed by atoms with Gasteiger partial charge in [-0.1, -0.05) is 0 Å². The Morgan fingerprint density at radius 2 is 2.08 bits per heavy atom. The molecule has 2 aliphatic heterocycles. The van der Waals surface area contributed by atoms with Crippen molar-refractivity contribution < 1.29 is 13.9 Å². The lowest BCUT2D eigenvalue weighted by Gasteiger charge is -2.33. The van der Waals surface area contributed by atoms with E-state index in [9.17, 15) is 4.79 Å². The highest BCUT2D eigenvalue weighted by atomic mass is 32.2. The van der Waals surface area contributed by atoms with Gasteiger partial charge in [-0.2, -0.15) is 11.8 Å². The van der Waals surface area contributed by atoms with Gasteiger partial charge in [0.05, 0.1) is 31.2 Å². The zero-order valence-corrected chi connectivity index (χ0v) is 15.6. The van der Waals surface area contributed by atoms with Crippen LogP contribution in [0.5, 0.6) is 0 Å². The SMILES string of the molecule is CSCc1ccc(C(=O)N2CCc3c(ncnc3N3CCOCC3)C2)o1. The number of thioether (sulfide) groups is 1. The Kier molecular flexibility index (Phi) is 5.12. The molecule has 0 bridgehead atoms. The molecule has 1 amide bonds. The van der Waals surface area contributed by atoms with Crippen molar-refractivity contribution in [1.82, 2.24) is 14.9 Å². The zero-order valence-electron chi connectivity index (χ0n) is 14.8. The van der Waals surface area contributed by atoms with Crippen LogP contribution in [0.25, 0.3) is 0 Å². The Labute approximate surface area is 156 Å². The third-order valence-corrected chi connectivity index (χ3v) is 5.31. The van der Waals surface area contributed by atoms with Gasteiger partial charge >= 0.3 is 0 Å². The second-order valence-corrected chi connectivity index (χ2v) is 7.26. The van der Waals surface area contributed by atoms with Crippen molar-refractivity contribution in [2.45, 2.75) is 18.7 Å². The molecule has 138 valence electrons. The molecule has 0 aliphatic carbocycles. The number of fused-ring (bicyclic) bond motifs is 1. The van der Waals surface area contributed by atoms with Crippen LogP contribution in [-0.2, 0) is 23.5 Å². The predicted molar refractivity (Wildman–Crippen MR) is 99.4 cm³/mol. The maximum absolute atomic E-state index is 12.8. The monoisotopic (exact) mass is 374 g/mol. The number of rotatable bonds is 4. The number of morpholine rings is 1. The first-order chi connectivity index (χ1) is 12.8. The number of carbonyl (C=O) groups excluding carboxylic acids is 1. The number of hydrogen-bond acceptors (Lipinski definition) is 7. The number of carbonyl (C=O) groups is 1. The summed E-state index contributed by atoms with van der Waals surface area (Å²) in [5.74, 6) is 2.92. The molecule has 0 N–H and O–H groups in total. The fraction of sp³-hybridized carbons (Fsp3) is 0.500. The molecular formula is C18H22N4O3S. The molecule has 0 atom stereocenters. The summed E-state index contributed by atoms with van der Waals surface area (Å²) < 4.78 is 11.1.